The third kappa shape index (κ3) is 3.55. The van der Waals surface area contributed by atoms with Gasteiger partial charge in [-0.25, -0.2) is 0 Å². The number of aromatic hydroxyl groups is 1. The molecule has 0 bridgehead atoms. The van der Waals surface area contributed by atoms with Gasteiger partial charge in [-0.3, -0.25) is 4.79 Å². The lowest BCUT2D eigenvalue weighted by molar-refractivity contribution is 0.103. The minimum Gasteiger partial charge on any atom is -0.504 e. The highest BCUT2D eigenvalue weighted by molar-refractivity contribution is 6.17. The summed E-state index contributed by atoms with van der Waals surface area (Å²) in [5, 5.41) is 10.5. The number of phenols is 1. The summed E-state index contributed by atoms with van der Waals surface area (Å²) in [6.07, 6.45) is 0.541. The average molecular weight is 402 g/mol. The third-order valence-corrected chi connectivity index (χ3v) is 4.96. The monoisotopic (exact) mass is 402 g/mol. The standard InChI is InChI=1S/C24H22N2O4/c1-2-20-22(23(27)15-10-18(25)24(28)19(26)11-15)17-9-8-16(12-21(17)30-20)29-13-14-6-4-3-5-7-14/h3-12,28H,2,13,25-26H2,1H3. The Labute approximate surface area is 173 Å². The number of ether oxygens (including phenoxy) is 1. The second-order valence-electron chi connectivity index (χ2n) is 7.02. The molecular weight excluding hydrogens is 380 g/mol. The van der Waals surface area contributed by atoms with Gasteiger partial charge in [-0.05, 0) is 29.8 Å². The van der Waals surface area contributed by atoms with Crippen LogP contribution < -0.4 is 16.2 Å². The lowest BCUT2D eigenvalue weighted by Gasteiger charge is -2.08. The first-order valence-corrected chi connectivity index (χ1v) is 9.62. The Bertz CT molecular complexity index is 1210. The van der Waals surface area contributed by atoms with Gasteiger partial charge in [-0.2, -0.15) is 0 Å². The fourth-order valence-corrected chi connectivity index (χ4v) is 3.41. The highest BCUT2D eigenvalue weighted by Gasteiger charge is 2.23. The Kier molecular flexibility index (Phi) is 5.06. The maximum atomic E-state index is 13.2. The zero-order valence-corrected chi connectivity index (χ0v) is 16.5. The van der Waals surface area contributed by atoms with Crippen molar-refractivity contribution >= 4 is 28.1 Å². The van der Waals surface area contributed by atoms with Crippen molar-refractivity contribution in [3.8, 4) is 11.5 Å². The van der Waals surface area contributed by atoms with Crippen molar-refractivity contribution in [1.29, 1.82) is 0 Å². The summed E-state index contributed by atoms with van der Waals surface area (Å²) in [5.41, 5.74) is 14.1. The fourth-order valence-electron chi connectivity index (χ4n) is 3.41. The smallest absolute Gasteiger partial charge is 0.197 e. The SMILES string of the molecule is CCc1oc2cc(OCc3ccccc3)ccc2c1C(=O)c1cc(N)c(O)c(N)c1. The number of nitrogen functional groups attached to an aromatic ring is 2. The van der Waals surface area contributed by atoms with E-state index in [1.54, 1.807) is 6.07 Å². The van der Waals surface area contributed by atoms with E-state index in [-0.39, 0.29) is 22.9 Å². The van der Waals surface area contributed by atoms with Gasteiger partial charge in [0.1, 0.15) is 23.7 Å². The van der Waals surface area contributed by atoms with Gasteiger partial charge < -0.3 is 25.7 Å². The number of benzene rings is 3. The summed E-state index contributed by atoms with van der Waals surface area (Å²) in [7, 11) is 0. The van der Waals surface area contributed by atoms with E-state index in [2.05, 4.69) is 0 Å². The lowest BCUT2D eigenvalue weighted by Crippen LogP contribution is -2.06. The number of furan rings is 1. The van der Waals surface area contributed by atoms with Crippen LogP contribution in [-0.4, -0.2) is 10.9 Å². The summed E-state index contributed by atoms with van der Waals surface area (Å²) in [6, 6.07) is 18.1. The number of carbonyl (C=O) groups excluding carboxylic acids is 1. The summed E-state index contributed by atoms with van der Waals surface area (Å²) >= 11 is 0. The Hall–Kier alpha value is -3.93. The van der Waals surface area contributed by atoms with Crippen molar-refractivity contribution in [3.05, 3.63) is 83.1 Å². The number of hydrogen-bond donors (Lipinski definition) is 3. The van der Waals surface area contributed by atoms with Crippen LogP contribution in [0.5, 0.6) is 11.5 Å². The normalized spacial score (nSPS) is 11.0. The molecule has 0 unspecified atom stereocenters. The van der Waals surface area contributed by atoms with Gasteiger partial charge in [0, 0.05) is 23.4 Å². The summed E-state index contributed by atoms with van der Waals surface area (Å²) < 4.78 is 11.8. The zero-order valence-electron chi connectivity index (χ0n) is 16.5. The number of nitrogens with two attached hydrogens (primary N) is 2. The van der Waals surface area contributed by atoms with Crippen LogP contribution in [-0.2, 0) is 13.0 Å². The van der Waals surface area contributed by atoms with Crippen molar-refractivity contribution in [1.82, 2.24) is 0 Å². The quantitative estimate of drug-likeness (QED) is 0.245. The molecule has 1 aromatic heterocycles. The topological polar surface area (TPSA) is 112 Å². The molecule has 0 spiro atoms. The first kappa shape index (κ1) is 19.4. The second kappa shape index (κ2) is 7.83. The van der Waals surface area contributed by atoms with Crippen molar-refractivity contribution in [2.45, 2.75) is 20.0 Å². The molecule has 5 N–H and O–H groups in total. The molecule has 6 heteroatoms. The van der Waals surface area contributed by atoms with E-state index in [1.165, 1.54) is 12.1 Å². The van der Waals surface area contributed by atoms with Crippen molar-refractivity contribution in [2.75, 3.05) is 11.5 Å². The Morgan fingerprint density at radius 2 is 1.73 bits per heavy atom. The van der Waals surface area contributed by atoms with Crippen molar-refractivity contribution in [3.63, 3.8) is 0 Å². The van der Waals surface area contributed by atoms with Crippen molar-refractivity contribution < 1.29 is 19.1 Å². The molecule has 0 saturated heterocycles. The Balaban J connectivity index is 1.69. The Morgan fingerprint density at radius 1 is 1.03 bits per heavy atom. The van der Waals surface area contributed by atoms with Crippen LogP contribution in [0.1, 0.15) is 34.2 Å². The van der Waals surface area contributed by atoms with E-state index in [9.17, 15) is 9.90 Å². The molecule has 0 aliphatic heterocycles. The third-order valence-electron chi connectivity index (χ3n) is 4.96. The number of ketones is 1. The molecule has 3 aromatic carbocycles. The molecular formula is C24H22N2O4. The molecule has 0 amide bonds. The highest BCUT2D eigenvalue weighted by atomic mass is 16.5. The van der Waals surface area contributed by atoms with Gasteiger partial charge in [-0.1, -0.05) is 37.3 Å². The van der Waals surface area contributed by atoms with E-state index in [0.717, 1.165) is 5.56 Å². The molecule has 6 nitrogen and oxygen atoms in total. The van der Waals surface area contributed by atoms with Crippen LogP contribution in [0.4, 0.5) is 11.4 Å². The minimum atomic E-state index is -0.262. The van der Waals surface area contributed by atoms with Crippen molar-refractivity contribution in [2.24, 2.45) is 0 Å². The average Bonchev–Trinajstić information content (AvgIpc) is 3.13. The zero-order chi connectivity index (χ0) is 21.3. The highest BCUT2D eigenvalue weighted by Crippen LogP contribution is 2.34. The molecule has 4 aromatic rings. The molecule has 1 heterocycles. The predicted octanol–water partition coefficient (Wildman–Crippen LogP) is 4.68. The molecule has 0 saturated carbocycles. The molecule has 0 aliphatic carbocycles. The van der Waals surface area contributed by atoms with Gasteiger partial charge in [0.25, 0.3) is 0 Å². The number of hydrogen-bond acceptors (Lipinski definition) is 6. The van der Waals surface area contributed by atoms with E-state index in [4.69, 9.17) is 20.6 Å². The molecule has 0 aliphatic rings. The van der Waals surface area contributed by atoms with Crippen LogP contribution in [0.15, 0.2) is 65.1 Å². The number of aryl methyl sites for hydroxylation is 1. The number of carbonyl (C=O) groups is 1. The lowest BCUT2D eigenvalue weighted by atomic mass is 9.98. The first-order chi connectivity index (χ1) is 14.5. The minimum absolute atomic E-state index is 0.0563. The molecule has 30 heavy (non-hydrogen) atoms. The summed E-state index contributed by atoms with van der Waals surface area (Å²) in [4.78, 5) is 13.2. The van der Waals surface area contributed by atoms with Gasteiger partial charge in [0.15, 0.2) is 11.5 Å². The maximum Gasteiger partial charge on any atom is 0.197 e. The second-order valence-corrected chi connectivity index (χ2v) is 7.02. The van der Waals surface area contributed by atoms with Crippen LogP contribution >= 0.6 is 0 Å². The number of fused-ring (bicyclic) bond motifs is 1. The largest absolute Gasteiger partial charge is 0.504 e. The number of rotatable bonds is 6. The van der Waals surface area contributed by atoms with Gasteiger partial charge in [-0.15, -0.1) is 0 Å². The van der Waals surface area contributed by atoms with E-state index in [0.29, 0.717) is 46.6 Å². The summed E-state index contributed by atoms with van der Waals surface area (Å²) in [6.45, 7) is 2.35. The van der Waals surface area contributed by atoms with Crippen LogP contribution in [0.25, 0.3) is 11.0 Å². The molecule has 4 rings (SSSR count). The van der Waals surface area contributed by atoms with Crippen LogP contribution in [0.2, 0.25) is 0 Å². The van der Waals surface area contributed by atoms with Crippen LogP contribution in [0, 0.1) is 0 Å². The molecule has 0 radical (unpaired) electrons. The predicted molar refractivity (Wildman–Crippen MR) is 117 cm³/mol. The van der Waals surface area contributed by atoms with Gasteiger partial charge in [0.2, 0.25) is 0 Å². The van der Waals surface area contributed by atoms with Crippen LogP contribution in [0.3, 0.4) is 0 Å². The first-order valence-electron chi connectivity index (χ1n) is 9.62. The summed E-state index contributed by atoms with van der Waals surface area (Å²) in [5.74, 6) is 0.738. The number of anilines is 2. The van der Waals surface area contributed by atoms with Gasteiger partial charge in [0.05, 0.1) is 16.9 Å². The maximum absolute atomic E-state index is 13.2. The Morgan fingerprint density at radius 3 is 2.40 bits per heavy atom. The van der Waals surface area contributed by atoms with E-state index >= 15 is 0 Å². The molecule has 0 fully saturated rings. The van der Waals surface area contributed by atoms with E-state index in [1.807, 2.05) is 49.4 Å². The number of phenolic OH excluding ortho intramolecular Hbond substituents is 1. The van der Waals surface area contributed by atoms with Gasteiger partial charge >= 0.3 is 0 Å². The molecule has 0 atom stereocenters. The molecule has 152 valence electrons. The fraction of sp³-hybridized carbons (Fsp3) is 0.125. The van der Waals surface area contributed by atoms with E-state index < -0.39 is 0 Å².